The van der Waals surface area contributed by atoms with Crippen LogP contribution in [-0.2, 0) is 24.1 Å². The summed E-state index contributed by atoms with van der Waals surface area (Å²) in [6.07, 6.45) is 2.89. The fourth-order valence-corrected chi connectivity index (χ4v) is 3.62. The van der Waals surface area contributed by atoms with Gasteiger partial charge in [0.25, 0.3) is 0 Å². The predicted octanol–water partition coefficient (Wildman–Crippen LogP) is 2.99. The second-order valence-corrected chi connectivity index (χ2v) is 6.91. The maximum absolute atomic E-state index is 6.23. The number of nitrogens with zero attached hydrogens (tertiary/aromatic N) is 2. The van der Waals surface area contributed by atoms with Crippen molar-refractivity contribution in [3.63, 3.8) is 0 Å². The van der Waals surface area contributed by atoms with Crippen LogP contribution in [0.25, 0.3) is 0 Å². The van der Waals surface area contributed by atoms with Gasteiger partial charge in [0.1, 0.15) is 0 Å². The van der Waals surface area contributed by atoms with Crippen LogP contribution in [0.4, 0.5) is 0 Å². The lowest BCUT2D eigenvalue weighted by Crippen LogP contribution is -2.32. The third-order valence-corrected chi connectivity index (χ3v) is 4.40. The molecule has 4 heteroatoms. The summed E-state index contributed by atoms with van der Waals surface area (Å²) >= 11 is 0. The van der Waals surface area contributed by atoms with Crippen LogP contribution in [-0.4, -0.2) is 21.0 Å². The second kappa shape index (κ2) is 5.15. The largest absolute Gasteiger partial charge is 0.367 e. The Balaban J connectivity index is 2.50. The number of hydrogen-bond acceptors (Lipinski definition) is 3. The second-order valence-electron chi connectivity index (χ2n) is 6.91. The van der Waals surface area contributed by atoms with E-state index in [0.29, 0.717) is 6.54 Å². The molecule has 1 aliphatic rings. The van der Waals surface area contributed by atoms with Crippen molar-refractivity contribution in [3.8, 4) is 0 Å². The Hall–Kier alpha value is -0.870. The Morgan fingerprint density at radius 1 is 1.25 bits per heavy atom. The topological polar surface area (TPSA) is 53.1 Å². The summed E-state index contributed by atoms with van der Waals surface area (Å²) in [5.74, 6) is 0. The molecule has 2 heterocycles. The van der Waals surface area contributed by atoms with Gasteiger partial charge in [-0.2, -0.15) is 5.10 Å². The molecule has 0 amide bonds. The normalized spacial score (nSPS) is 24.2. The lowest BCUT2D eigenvalue weighted by molar-refractivity contribution is -0.0739. The number of aryl methyl sites for hydroxylation is 1. The fourth-order valence-electron chi connectivity index (χ4n) is 3.62. The van der Waals surface area contributed by atoms with Crippen molar-refractivity contribution in [3.05, 3.63) is 17.0 Å². The standard InChI is InChI=1S/C16H29N3O/c1-7-12-11(10-17)13(8-2)19(18-12)14-9-15(3,4)20-16(14,5)6/h14H,7-10,17H2,1-6H3. The average molecular weight is 279 g/mol. The molecule has 0 spiro atoms. The van der Waals surface area contributed by atoms with Gasteiger partial charge in [0.15, 0.2) is 0 Å². The maximum Gasteiger partial charge on any atom is 0.0858 e. The molecule has 0 saturated carbocycles. The Bertz CT molecular complexity index is 488. The van der Waals surface area contributed by atoms with Crippen molar-refractivity contribution in [2.24, 2.45) is 5.73 Å². The highest BCUT2D eigenvalue weighted by Crippen LogP contribution is 2.45. The van der Waals surface area contributed by atoms with Gasteiger partial charge in [0, 0.05) is 24.2 Å². The zero-order valence-corrected chi connectivity index (χ0v) is 13.8. The molecule has 0 aliphatic carbocycles. The van der Waals surface area contributed by atoms with Crippen molar-refractivity contribution in [1.29, 1.82) is 0 Å². The van der Waals surface area contributed by atoms with Crippen LogP contribution in [0.2, 0.25) is 0 Å². The molecule has 2 N–H and O–H groups in total. The zero-order valence-electron chi connectivity index (χ0n) is 13.8. The van der Waals surface area contributed by atoms with Crippen LogP contribution in [0.1, 0.15) is 71.0 Å². The maximum atomic E-state index is 6.23. The van der Waals surface area contributed by atoms with E-state index >= 15 is 0 Å². The minimum Gasteiger partial charge on any atom is -0.367 e. The Morgan fingerprint density at radius 2 is 1.90 bits per heavy atom. The Morgan fingerprint density at radius 3 is 2.30 bits per heavy atom. The Kier molecular flexibility index (Phi) is 4.00. The van der Waals surface area contributed by atoms with Crippen LogP contribution in [0.15, 0.2) is 0 Å². The van der Waals surface area contributed by atoms with Gasteiger partial charge in [-0.25, -0.2) is 0 Å². The summed E-state index contributed by atoms with van der Waals surface area (Å²) in [5, 5.41) is 4.87. The minimum atomic E-state index is -0.198. The first-order valence-corrected chi connectivity index (χ1v) is 7.75. The third-order valence-electron chi connectivity index (χ3n) is 4.40. The van der Waals surface area contributed by atoms with Crippen molar-refractivity contribution >= 4 is 0 Å². The van der Waals surface area contributed by atoms with Gasteiger partial charge in [0.2, 0.25) is 0 Å². The molecule has 0 aromatic carbocycles. The summed E-state index contributed by atoms with van der Waals surface area (Å²) in [4.78, 5) is 0. The molecule has 1 aliphatic heterocycles. The summed E-state index contributed by atoms with van der Waals surface area (Å²) in [6.45, 7) is 13.6. The van der Waals surface area contributed by atoms with Gasteiger partial charge in [-0.05, 0) is 40.5 Å². The van der Waals surface area contributed by atoms with E-state index in [1.165, 1.54) is 11.3 Å². The number of ether oxygens (including phenoxy) is 1. The van der Waals surface area contributed by atoms with Crippen LogP contribution in [0.3, 0.4) is 0 Å². The lowest BCUT2D eigenvalue weighted by atomic mass is 9.94. The molecular formula is C16H29N3O. The zero-order chi connectivity index (χ0) is 15.1. The molecule has 0 bridgehead atoms. The number of aromatic nitrogens is 2. The molecule has 0 radical (unpaired) electrons. The van der Waals surface area contributed by atoms with E-state index in [4.69, 9.17) is 15.6 Å². The minimum absolute atomic E-state index is 0.0968. The smallest absolute Gasteiger partial charge is 0.0858 e. The van der Waals surface area contributed by atoms with Crippen LogP contribution < -0.4 is 5.73 Å². The SMILES string of the molecule is CCc1nn(C2CC(C)(C)OC2(C)C)c(CC)c1CN. The molecule has 1 fully saturated rings. The predicted molar refractivity (Wildman–Crippen MR) is 81.8 cm³/mol. The highest BCUT2D eigenvalue weighted by molar-refractivity contribution is 5.27. The number of nitrogens with two attached hydrogens (primary N) is 1. The molecular weight excluding hydrogens is 250 g/mol. The van der Waals surface area contributed by atoms with Gasteiger partial charge < -0.3 is 10.5 Å². The van der Waals surface area contributed by atoms with E-state index in [0.717, 1.165) is 25.0 Å². The summed E-state index contributed by atoms with van der Waals surface area (Å²) in [5.41, 5.74) is 9.31. The molecule has 1 aromatic heterocycles. The van der Waals surface area contributed by atoms with E-state index < -0.39 is 0 Å². The van der Waals surface area contributed by atoms with Crippen molar-refractivity contribution < 1.29 is 4.74 Å². The average Bonchev–Trinajstić information content (AvgIpc) is 2.81. The summed E-state index contributed by atoms with van der Waals surface area (Å²) in [7, 11) is 0. The first-order chi connectivity index (χ1) is 9.25. The number of rotatable bonds is 4. The van der Waals surface area contributed by atoms with Gasteiger partial charge in [0.05, 0.1) is 22.9 Å². The molecule has 1 unspecified atom stereocenters. The lowest BCUT2D eigenvalue weighted by Gasteiger charge is -2.28. The first kappa shape index (κ1) is 15.5. The molecule has 4 nitrogen and oxygen atoms in total. The molecule has 1 saturated heterocycles. The van der Waals surface area contributed by atoms with Crippen molar-refractivity contribution in [1.82, 2.24) is 9.78 Å². The van der Waals surface area contributed by atoms with Crippen LogP contribution in [0.5, 0.6) is 0 Å². The molecule has 2 rings (SSSR count). The number of hydrogen-bond donors (Lipinski definition) is 1. The highest BCUT2D eigenvalue weighted by Gasteiger charge is 2.48. The molecule has 1 aromatic rings. The van der Waals surface area contributed by atoms with E-state index in [1.807, 2.05) is 0 Å². The van der Waals surface area contributed by atoms with Gasteiger partial charge in [-0.3, -0.25) is 4.68 Å². The summed E-state index contributed by atoms with van der Waals surface area (Å²) < 4.78 is 8.43. The fraction of sp³-hybridized carbons (Fsp3) is 0.812. The van der Waals surface area contributed by atoms with Crippen LogP contribution in [0, 0.1) is 0 Å². The van der Waals surface area contributed by atoms with Crippen molar-refractivity contribution in [2.75, 3.05) is 0 Å². The third kappa shape index (κ3) is 2.51. The highest BCUT2D eigenvalue weighted by atomic mass is 16.5. The first-order valence-electron chi connectivity index (χ1n) is 7.75. The van der Waals surface area contributed by atoms with Gasteiger partial charge in [-0.15, -0.1) is 0 Å². The molecule has 20 heavy (non-hydrogen) atoms. The van der Waals surface area contributed by atoms with Gasteiger partial charge >= 0.3 is 0 Å². The monoisotopic (exact) mass is 279 g/mol. The quantitative estimate of drug-likeness (QED) is 0.922. The molecule has 114 valence electrons. The van der Waals surface area contributed by atoms with E-state index in [2.05, 4.69) is 46.2 Å². The van der Waals surface area contributed by atoms with Crippen molar-refractivity contribution in [2.45, 2.75) is 84.6 Å². The molecule has 1 atom stereocenters. The van der Waals surface area contributed by atoms with Gasteiger partial charge in [-0.1, -0.05) is 13.8 Å². The Labute approximate surface area is 122 Å². The van der Waals surface area contributed by atoms with E-state index in [9.17, 15) is 0 Å². The van der Waals surface area contributed by atoms with Crippen LogP contribution >= 0.6 is 0 Å². The van der Waals surface area contributed by atoms with E-state index in [-0.39, 0.29) is 17.2 Å². The van der Waals surface area contributed by atoms with E-state index in [1.54, 1.807) is 0 Å². The summed E-state index contributed by atoms with van der Waals surface area (Å²) in [6, 6.07) is 0.276.